The van der Waals surface area contributed by atoms with E-state index in [9.17, 15) is 4.39 Å². The monoisotopic (exact) mass is 271 g/mol. The lowest BCUT2D eigenvalue weighted by Crippen LogP contribution is -2.14. The predicted octanol–water partition coefficient (Wildman–Crippen LogP) is 3.46. The molecule has 1 aromatic carbocycles. The van der Waals surface area contributed by atoms with Crippen LogP contribution in [0.3, 0.4) is 0 Å². The van der Waals surface area contributed by atoms with Crippen LogP contribution in [0.25, 0.3) is 0 Å². The number of hydrogen-bond donors (Lipinski definition) is 1. The molecule has 1 N–H and O–H groups in total. The summed E-state index contributed by atoms with van der Waals surface area (Å²) in [6, 6.07) is 5.17. The van der Waals surface area contributed by atoms with Gasteiger partial charge < -0.3 is 10.1 Å². The molecule has 0 saturated carbocycles. The molecule has 0 fully saturated rings. The molecule has 0 aromatic heterocycles. The Morgan fingerprint density at radius 1 is 1.33 bits per heavy atom. The summed E-state index contributed by atoms with van der Waals surface area (Å²) in [7, 11) is 0. The average Bonchev–Trinajstić information content (AvgIpc) is 2.37. The van der Waals surface area contributed by atoms with Crippen LogP contribution in [-0.2, 0) is 6.54 Å². The lowest BCUT2D eigenvalue weighted by atomic mass is 10.2. The minimum atomic E-state index is -0.271. The van der Waals surface area contributed by atoms with Gasteiger partial charge >= 0.3 is 0 Å². The number of benzene rings is 1. The first-order valence-corrected chi connectivity index (χ1v) is 7.63. The molecule has 4 heteroatoms. The predicted molar refractivity (Wildman–Crippen MR) is 76.9 cm³/mol. The van der Waals surface area contributed by atoms with Gasteiger partial charge in [-0.15, -0.1) is 0 Å². The average molecular weight is 271 g/mol. The van der Waals surface area contributed by atoms with Gasteiger partial charge in [-0.25, -0.2) is 4.39 Å². The largest absolute Gasteiger partial charge is 0.490 e. The Kier molecular flexibility index (Phi) is 7.85. The van der Waals surface area contributed by atoms with Crippen molar-refractivity contribution in [3.8, 4) is 5.75 Å². The highest BCUT2D eigenvalue weighted by Crippen LogP contribution is 2.18. The molecule has 1 aromatic rings. The molecule has 0 aliphatic heterocycles. The Morgan fingerprint density at radius 3 is 2.83 bits per heavy atom. The van der Waals surface area contributed by atoms with Crippen LogP contribution in [0.2, 0.25) is 0 Å². The van der Waals surface area contributed by atoms with Gasteiger partial charge in [0.25, 0.3) is 0 Å². The molecule has 0 aliphatic carbocycles. The number of ether oxygens (including phenoxy) is 1. The lowest BCUT2D eigenvalue weighted by molar-refractivity contribution is 0.324. The number of rotatable bonds is 9. The van der Waals surface area contributed by atoms with E-state index in [-0.39, 0.29) is 5.82 Å². The quantitative estimate of drug-likeness (QED) is 0.695. The first kappa shape index (κ1) is 15.3. The lowest BCUT2D eigenvalue weighted by Gasteiger charge is -2.09. The molecule has 0 atom stereocenters. The fraction of sp³-hybridized carbons (Fsp3) is 0.571. The van der Waals surface area contributed by atoms with E-state index in [1.54, 1.807) is 23.9 Å². The van der Waals surface area contributed by atoms with Crippen molar-refractivity contribution in [1.82, 2.24) is 5.32 Å². The molecule has 0 radical (unpaired) electrons. The van der Waals surface area contributed by atoms with Crippen molar-refractivity contribution in [3.05, 3.63) is 29.6 Å². The molecule has 0 saturated heterocycles. The van der Waals surface area contributed by atoms with Crippen molar-refractivity contribution in [2.45, 2.75) is 26.8 Å². The first-order chi connectivity index (χ1) is 8.77. The van der Waals surface area contributed by atoms with Crippen LogP contribution in [0.1, 0.15) is 25.8 Å². The molecular formula is C14H22FNOS. The zero-order valence-electron chi connectivity index (χ0n) is 11.2. The van der Waals surface area contributed by atoms with E-state index in [2.05, 4.69) is 19.2 Å². The Balaban J connectivity index is 2.41. The minimum Gasteiger partial charge on any atom is -0.490 e. The van der Waals surface area contributed by atoms with E-state index in [0.29, 0.717) is 18.9 Å². The van der Waals surface area contributed by atoms with Gasteiger partial charge in [0.1, 0.15) is 0 Å². The van der Waals surface area contributed by atoms with Gasteiger partial charge in [0, 0.05) is 12.3 Å². The summed E-state index contributed by atoms with van der Waals surface area (Å²) in [4.78, 5) is 0. The summed E-state index contributed by atoms with van der Waals surface area (Å²) in [5, 5.41) is 3.25. The third-order valence-corrected chi connectivity index (χ3v) is 3.31. The summed E-state index contributed by atoms with van der Waals surface area (Å²) in [6.45, 7) is 6.43. The third-order valence-electron chi connectivity index (χ3n) is 2.44. The highest BCUT2D eigenvalue weighted by Gasteiger charge is 2.04. The fourth-order valence-electron chi connectivity index (χ4n) is 1.54. The second-order valence-corrected chi connectivity index (χ2v) is 5.38. The van der Waals surface area contributed by atoms with E-state index < -0.39 is 0 Å². The maximum Gasteiger partial charge on any atom is 0.165 e. The standard InChI is InChI=1S/C14H22FNOS/c1-3-7-16-11-12-5-6-14(13(15)10-12)17-8-9-18-4-2/h5-6,10,16H,3-4,7-9,11H2,1-2H3. The Morgan fingerprint density at radius 2 is 2.17 bits per heavy atom. The van der Waals surface area contributed by atoms with Crippen molar-refractivity contribution < 1.29 is 9.13 Å². The highest BCUT2D eigenvalue weighted by molar-refractivity contribution is 7.99. The highest BCUT2D eigenvalue weighted by atomic mass is 32.2. The fourth-order valence-corrected chi connectivity index (χ4v) is 2.03. The van der Waals surface area contributed by atoms with Gasteiger partial charge in [-0.3, -0.25) is 0 Å². The van der Waals surface area contributed by atoms with Crippen molar-refractivity contribution >= 4 is 11.8 Å². The van der Waals surface area contributed by atoms with Crippen LogP contribution in [-0.4, -0.2) is 24.7 Å². The van der Waals surface area contributed by atoms with Crippen LogP contribution in [0.15, 0.2) is 18.2 Å². The zero-order chi connectivity index (χ0) is 13.2. The summed E-state index contributed by atoms with van der Waals surface area (Å²) >= 11 is 1.79. The van der Waals surface area contributed by atoms with Crippen LogP contribution < -0.4 is 10.1 Å². The van der Waals surface area contributed by atoms with Gasteiger partial charge in [0.2, 0.25) is 0 Å². The molecule has 1 rings (SSSR count). The van der Waals surface area contributed by atoms with Gasteiger partial charge in [0.15, 0.2) is 11.6 Å². The molecule has 0 unspecified atom stereocenters. The van der Waals surface area contributed by atoms with Crippen LogP contribution >= 0.6 is 11.8 Å². The van der Waals surface area contributed by atoms with E-state index in [1.807, 2.05) is 6.07 Å². The molecule has 102 valence electrons. The Labute approximate surface area is 113 Å². The molecular weight excluding hydrogens is 249 g/mol. The molecule has 0 bridgehead atoms. The maximum atomic E-state index is 13.7. The van der Waals surface area contributed by atoms with E-state index >= 15 is 0 Å². The van der Waals surface area contributed by atoms with Gasteiger partial charge in [-0.2, -0.15) is 11.8 Å². The van der Waals surface area contributed by atoms with Gasteiger partial charge in [-0.05, 0) is 36.4 Å². The molecule has 18 heavy (non-hydrogen) atoms. The van der Waals surface area contributed by atoms with Crippen molar-refractivity contribution in [3.63, 3.8) is 0 Å². The van der Waals surface area contributed by atoms with Crippen molar-refractivity contribution in [2.75, 3.05) is 24.7 Å². The van der Waals surface area contributed by atoms with Crippen LogP contribution in [0, 0.1) is 5.82 Å². The van der Waals surface area contributed by atoms with Crippen LogP contribution in [0.4, 0.5) is 4.39 Å². The van der Waals surface area contributed by atoms with Crippen LogP contribution in [0.5, 0.6) is 5.75 Å². The first-order valence-electron chi connectivity index (χ1n) is 6.47. The number of hydrogen-bond acceptors (Lipinski definition) is 3. The second kappa shape index (κ2) is 9.22. The van der Waals surface area contributed by atoms with Gasteiger partial charge in [0.05, 0.1) is 6.61 Å². The number of thioether (sulfide) groups is 1. The van der Waals surface area contributed by atoms with Gasteiger partial charge in [-0.1, -0.05) is 19.9 Å². The second-order valence-electron chi connectivity index (χ2n) is 3.99. The summed E-state index contributed by atoms with van der Waals surface area (Å²) in [5.74, 6) is 2.04. The third kappa shape index (κ3) is 5.74. The minimum absolute atomic E-state index is 0.271. The summed E-state index contributed by atoms with van der Waals surface area (Å²) in [5.41, 5.74) is 0.955. The normalized spacial score (nSPS) is 10.6. The Bertz CT molecular complexity index is 347. The maximum absolute atomic E-state index is 13.7. The smallest absolute Gasteiger partial charge is 0.165 e. The summed E-state index contributed by atoms with van der Waals surface area (Å²) in [6.07, 6.45) is 1.08. The molecule has 0 spiro atoms. The molecule has 0 amide bonds. The SMILES string of the molecule is CCCNCc1ccc(OCCSCC)c(F)c1. The van der Waals surface area contributed by atoms with E-state index in [0.717, 1.165) is 30.0 Å². The number of halogens is 1. The number of nitrogens with one attached hydrogen (secondary N) is 1. The van der Waals surface area contributed by atoms with E-state index in [1.165, 1.54) is 0 Å². The summed E-state index contributed by atoms with van der Waals surface area (Å²) < 4.78 is 19.1. The van der Waals surface area contributed by atoms with Crippen molar-refractivity contribution in [1.29, 1.82) is 0 Å². The zero-order valence-corrected chi connectivity index (χ0v) is 12.0. The van der Waals surface area contributed by atoms with E-state index in [4.69, 9.17) is 4.74 Å². The van der Waals surface area contributed by atoms with Crippen molar-refractivity contribution in [2.24, 2.45) is 0 Å². The topological polar surface area (TPSA) is 21.3 Å². The molecule has 0 aliphatic rings. The Hall–Kier alpha value is -0.740. The molecule has 0 heterocycles. The molecule has 2 nitrogen and oxygen atoms in total.